The highest BCUT2D eigenvalue weighted by atomic mass is 35.5. The smallest absolute Gasteiger partial charge is 0.243 e. The summed E-state index contributed by atoms with van der Waals surface area (Å²) in [5.74, 6) is -0.164. The zero-order valence-electron chi connectivity index (χ0n) is 6.84. The van der Waals surface area contributed by atoms with Crippen LogP contribution in [-0.4, -0.2) is 17.2 Å². The van der Waals surface area contributed by atoms with Gasteiger partial charge in [-0.3, -0.25) is 4.79 Å². The highest BCUT2D eigenvalue weighted by Gasteiger charge is 2.13. The summed E-state index contributed by atoms with van der Waals surface area (Å²) in [6, 6.07) is 9.11. The molecule has 0 saturated carbocycles. The lowest BCUT2D eigenvalue weighted by molar-refractivity contribution is -0.115. The second-order valence-electron chi connectivity index (χ2n) is 2.48. The van der Waals surface area contributed by atoms with E-state index in [1.165, 1.54) is 0 Å². The summed E-state index contributed by atoms with van der Waals surface area (Å²) in [5.41, 5.74) is 0.725. The van der Waals surface area contributed by atoms with Gasteiger partial charge in [0.1, 0.15) is 5.38 Å². The fourth-order valence-electron chi connectivity index (χ4n) is 0.812. The van der Waals surface area contributed by atoms with Gasteiger partial charge in [-0.2, -0.15) is 0 Å². The van der Waals surface area contributed by atoms with Gasteiger partial charge in [0.05, 0.1) is 0 Å². The van der Waals surface area contributed by atoms with E-state index in [9.17, 15) is 4.79 Å². The molecule has 0 aliphatic rings. The number of hydrogen-bond acceptors (Lipinski definition) is 1. The Kier molecular flexibility index (Phi) is 4.06. The first-order valence-corrected chi connectivity index (χ1v) is 4.77. The number of hydrogen-bond donors (Lipinski definition) is 1. The van der Waals surface area contributed by atoms with Crippen molar-refractivity contribution in [3.05, 3.63) is 30.3 Å². The number of carbonyl (C=O) groups is 1. The molecule has 70 valence electrons. The third-order valence-corrected chi connectivity index (χ3v) is 2.28. The van der Waals surface area contributed by atoms with Gasteiger partial charge >= 0.3 is 0 Å². The van der Waals surface area contributed by atoms with E-state index in [2.05, 4.69) is 5.32 Å². The van der Waals surface area contributed by atoms with Crippen molar-refractivity contribution in [3.8, 4) is 0 Å². The molecule has 1 rings (SSSR count). The van der Waals surface area contributed by atoms with Gasteiger partial charge < -0.3 is 5.32 Å². The van der Waals surface area contributed by atoms with Crippen molar-refractivity contribution in [1.82, 2.24) is 0 Å². The monoisotopic (exact) mass is 217 g/mol. The van der Waals surface area contributed by atoms with E-state index in [1.54, 1.807) is 12.1 Å². The molecule has 1 aromatic carbocycles. The average molecular weight is 218 g/mol. The first-order chi connectivity index (χ1) is 6.24. The Hall–Kier alpha value is -0.730. The van der Waals surface area contributed by atoms with Gasteiger partial charge in [-0.25, -0.2) is 0 Å². The fourth-order valence-corrected chi connectivity index (χ4v) is 1.01. The summed E-state index contributed by atoms with van der Waals surface area (Å²) in [6.45, 7) is 0. The summed E-state index contributed by atoms with van der Waals surface area (Å²) >= 11 is 11.0. The molecule has 0 aliphatic heterocycles. The lowest BCUT2D eigenvalue weighted by Crippen LogP contribution is -2.24. The second kappa shape index (κ2) is 5.10. The number of halogens is 2. The van der Waals surface area contributed by atoms with E-state index in [-0.39, 0.29) is 11.8 Å². The molecule has 0 spiro atoms. The van der Waals surface area contributed by atoms with Crippen LogP contribution in [-0.2, 0) is 4.79 Å². The van der Waals surface area contributed by atoms with Crippen molar-refractivity contribution in [2.45, 2.75) is 5.38 Å². The quantitative estimate of drug-likeness (QED) is 0.775. The predicted octanol–water partition coefficient (Wildman–Crippen LogP) is 2.47. The van der Waals surface area contributed by atoms with Gasteiger partial charge in [0.15, 0.2) is 0 Å². The molecule has 0 fully saturated rings. The molecule has 13 heavy (non-hydrogen) atoms. The van der Waals surface area contributed by atoms with Crippen LogP contribution >= 0.6 is 23.2 Å². The molecule has 0 radical (unpaired) electrons. The second-order valence-corrected chi connectivity index (χ2v) is 3.31. The maximum absolute atomic E-state index is 11.2. The lowest BCUT2D eigenvalue weighted by Gasteiger charge is -2.06. The third kappa shape index (κ3) is 3.25. The minimum absolute atomic E-state index is 0.111. The molecular weight excluding hydrogens is 209 g/mol. The Bertz CT molecular complexity index is 276. The van der Waals surface area contributed by atoms with Gasteiger partial charge in [-0.05, 0) is 12.1 Å². The summed E-state index contributed by atoms with van der Waals surface area (Å²) < 4.78 is 0. The summed E-state index contributed by atoms with van der Waals surface area (Å²) in [7, 11) is 0. The molecule has 1 atom stereocenters. The van der Waals surface area contributed by atoms with E-state index in [4.69, 9.17) is 23.2 Å². The number of alkyl halides is 2. The Morgan fingerprint density at radius 2 is 2.00 bits per heavy atom. The van der Waals surface area contributed by atoms with Crippen LogP contribution in [0.4, 0.5) is 5.69 Å². The van der Waals surface area contributed by atoms with E-state index in [0.717, 1.165) is 5.69 Å². The van der Waals surface area contributed by atoms with Gasteiger partial charge in [0, 0.05) is 11.6 Å². The van der Waals surface area contributed by atoms with Crippen LogP contribution in [0.3, 0.4) is 0 Å². The maximum atomic E-state index is 11.2. The van der Waals surface area contributed by atoms with Crippen molar-refractivity contribution < 1.29 is 4.79 Å². The zero-order chi connectivity index (χ0) is 9.68. The van der Waals surface area contributed by atoms with E-state index in [1.807, 2.05) is 18.2 Å². The van der Waals surface area contributed by atoms with Crippen LogP contribution in [0.1, 0.15) is 0 Å². The molecule has 0 heterocycles. The minimum atomic E-state index is -0.679. The number of nitrogens with one attached hydrogen (secondary N) is 1. The van der Waals surface area contributed by atoms with Crippen molar-refractivity contribution >= 4 is 34.8 Å². The Morgan fingerprint density at radius 1 is 1.38 bits per heavy atom. The number of anilines is 1. The maximum Gasteiger partial charge on any atom is 0.243 e. The van der Waals surface area contributed by atoms with Crippen LogP contribution in [0.25, 0.3) is 0 Å². The molecule has 0 saturated heterocycles. The van der Waals surface area contributed by atoms with Crippen molar-refractivity contribution in [2.75, 3.05) is 11.2 Å². The molecule has 4 heteroatoms. The normalized spacial score (nSPS) is 12.2. The van der Waals surface area contributed by atoms with Crippen LogP contribution < -0.4 is 5.32 Å². The van der Waals surface area contributed by atoms with Crippen LogP contribution in [0, 0.1) is 0 Å². The van der Waals surface area contributed by atoms with Gasteiger partial charge in [0.2, 0.25) is 5.91 Å². The standard InChI is InChI=1S/C9H9Cl2NO/c10-6-8(11)9(13)12-7-4-2-1-3-5-7/h1-5,8H,6H2,(H,12,13)/t8-/m1/s1. The molecule has 0 aliphatic carbocycles. The summed E-state index contributed by atoms with van der Waals surface area (Å²) in [5, 5.41) is 1.96. The van der Waals surface area contributed by atoms with E-state index >= 15 is 0 Å². The summed E-state index contributed by atoms with van der Waals surface area (Å²) in [6.07, 6.45) is 0. The SMILES string of the molecule is O=C(Nc1ccccc1)[C@H](Cl)CCl. The highest BCUT2D eigenvalue weighted by Crippen LogP contribution is 2.08. The molecule has 0 unspecified atom stereocenters. The van der Waals surface area contributed by atoms with Gasteiger partial charge in [0.25, 0.3) is 0 Å². The molecule has 1 aromatic rings. The van der Waals surface area contributed by atoms with Crippen LogP contribution in [0.5, 0.6) is 0 Å². The molecular formula is C9H9Cl2NO. The van der Waals surface area contributed by atoms with Crippen molar-refractivity contribution in [3.63, 3.8) is 0 Å². The highest BCUT2D eigenvalue weighted by molar-refractivity contribution is 6.37. The number of benzene rings is 1. The fraction of sp³-hybridized carbons (Fsp3) is 0.222. The first-order valence-electron chi connectivity index (χ1n) is 3.80. The molecule has 1 N–H and O–H groups in total. The van der Waals surface area contributed by atoms with Crippen LogP contribution in [0.2, 0.25) is 0 Å². The summed E-state index contributed by atoms with van der Waals surface area (Å²) in [4.78, 5) is 11.2. The van der Waals surface area contributed by atoms with Crippen molar-refractivity contribution in [1.29, 1.82) is 0 Å². The largest absolute Gasteiger partial charge is 0.325 e. The third-order valence-electron chi connectivity index (χ3n) is 1.46. The molecule has 1 amide bonds. The number of para-hydroxylation sites is 1. The Morgan fingerprint density at radius 3 is 2.54 bits per heavy atom. The Balaban J connectivity index is 2.55. The molecule has 0 bridgehead atoms. The number of carbonyl (C=O) groups excluding carboxylic acids is 1. The molecule has 0 aromatic heterocycles. The zero-order valence-corrected chi connectivity index (χ0v) is 8.35. The van der Waals surface area contributed by atoms with E-state index in [0.29, 0.717) is 0 Å². The Labute approximate surface area is 86.8 Å². The topological polar surface area (TPSA) is 29.1 Å². The number of rotatable bonds is 3. The van der Waals surface area contributed by atoms with E-state index < -0.39 is 5.38 Å². The van der Waals surface area contributed by atoms with Gasteiger partial charge in [-0.1, -0.05) is 18.2 Å². The lowest BCUT2D eigenvalue weighted by atomic mass is 10.3. The van der Waals surface area contributed by atoms with Crippen LogP contribution in [0.15, 0.2) is 30.3 Å². The number of amides is 1. The average Bonchev–Trinajstić information content (AvgIpc) is 2.18. The minimum Gasteiger partial charge on any atom is -0.325 e. The molecule has 2 nitrogen and oxygen atoms in total. The van der Waals surface area contributed by atoms with Gasteiger partial charge in [-0.15, -0.1) is 23.2 Å². The first kappa shape index (κ1) is 10.4. The van der Waals surface area contributed by atoms with Crippen molar-refractivity contribution in [2.24, 2.45) is 0 Å². The predicted molar refractivity (Wildman–Crippen MR) is 55.4 cm³/mol.